The van der Waals surface area contributed by atoms with Gasteiger partial charge in [-0.1, -0.05) is 22.8 Å². The summed E-state index contributed by atoms with van der Waals surface area (Å²) in [6.07, 6.45) is 2.75. The quantitative estimate of drug-likeness (QED) is 0.727. The molecule has 2 aromatic heterocycles. The zero-order valence-electron chi connectivity index (χ0n) is 14.0. The average molecular weight is 371 g/mol. The van der Waals surface area contributed by atoms with Gasteiger partial charge in [-0.05, 0) is 37.6 Å². The van der Waals surface area contributed by atoms with Crippen molar-refractivity contribution in [3.63, 3.8) is 0 Å². The highest BCUT2D eigenvalue weighted by Crippen LogP contribution is 2.21. The minimum Gasteiger partial charge on any atom is -0.360 e. The van der Waals surface area contributed by atoms with Crippen LogP contribution in [0.1, 0.15) is 32.0 Å². The van der Waals surface area contributed by atoms with E-state index in [0.717, 1.165) is 5.56 Å². The molecule has 0 aliphatic rings. The third-order valence-corrected chi connectivity index (χ3v) is 3.82. The molecule has 7 nitrogen and oxygen atoms in total. The van der Waals surface area contributed by atoms with Crippen LogP contribution in [0.2, 0.25) is 5.02 Å². The van der Waals surface area contributed by atoms with E-state index >= 15 is 0 Å². The SMILES string of the molecule is Cc1cc(NC(=O)c2cncc(C(=O)Nc3cc(Cl)ccc3C)c2)no1. The van der Waals surface area contributed by atoms with Gasteiger partial charge in [-0.25, -0.2) is 0 Å². The van der Waals surface area contributed by atoms with Gasteiger partial charge in [0.05, 0.1) is 11.1 Å². The van der Waals surface area contributed by atoms with Gasteiger partial charge in [0.2, 0.25) is 0 Å². The van der Waals surface area contributed by atoms with Crippen molar-refractivity contribution in [2.45, 2.75) is 13.8 Å². The molecule has 0 atom stereocenters. The second-order valence-corrected chi connectivity index (χ2v) is 6.09. The van der Waals surface area contributed by atoms with Gasteiger partial charge >= 0.3 is 0 Å². The molecule has 3 aromatic rings. The predicted octanol–water partition coefficient (Wildman–Crippen LogP) is 3.84. The fourth-order valence-corrected chi connectivity index (χ4v) is 2.40. The lowest BCUT2D eigenvalue weighted by molar-refractivity contribution is 0.102. The normalized spacial score (nSPS) is 10.4. The van der Waals surface area contributed by atoms with Crippen molar-refractivity contribution in [1.82, 2.24) is 10.1 Å². The van der Waals surface area contributed by atoms with Crippen LogP contribution in [0.4, 0.5) is 11.5 Å². The van der Waals surface area contributed by atoms with Crippen LogP contribution in [0.25, 0.3) is 0 Å². The Kier molecular flexibility index (Phi) is 4.99. The number of rotatable bonds is 4. The predicted molar refractivity (Wildman–Crippen MR) is 97.6 cm³/mol. The van der Waals surface area contributed by atoms with Gasteiger partial charge in [0, 0.05) is 29.2 Å². The fraction of sp³-hybridized carbons (Fsp3) is 0.111. The summed E-state index contributed by atoms with van der Waals surface area (Å²) in [4.78, 5) is 28.7. The molecule has 8 heteroatoms. The summed E-state index contributed by atoms with van der Waals surface area (Å²) in [5.74, 6) is 0.0227. The van der Waals surface area contributed by atoms with Crippen LogP contribution in [0, 0.1) is 13.8 Å². The Morgan fingerprint density at radius 2 is 1.69 bits per heavy atom. The van der Waals surface area contributed by atoms with Crippen LogP contribution in [0.15, 0.2) is 47.2 Å². The van der Waals surface area contributed by atoms with Crippen LogP contribution in [-0.2, 0) is 0 Å². The van der Waals surface area contributed by atoms with Gasteiger partial charge in [0.25, 0.3) is 11.8 Å². The summed E-state index contributed by atoms with van der Waals surface area (Å²) in [5, 5.41) is 9.55. The van der Waals surface area contributed by atoms with E-state index in [0.29, 0.717) is 16.5 Å². The topological polar surface area (TPSA) is 97.1 Å². The monoisotopic (exact) mass is 370 g/mol. The second kappa shape index (κ2) is 7.37. The highest BCUT2D eigenvalue weighted by molar-refractivity contribution is 6.31. The van der Waals surface area contributed by atoms with Gasteiger partial charge < -0.3 is 15.2 Å². The number of nitrogens with one attached hydrogen (secondary N) is 2. The van der Waals surface area contributed by atoms with Crippen LogP contribution in [0.5, 0.6) is 0 Å². The molecule has 132 valence electrons. The summed E-state index contributed by atoms with van der Waals surface area (Å²) in [6, 6.07) is 8.24. The molecule has 0 saturated heterocycles. The number of aromatic nitrogens is 2. The van der Waals surface area contributed by atoms with Crippen molar-refractivity contribution < 1.29 is 14.1 Å². The van der Waals surface area contributed by atoms with Crippen LogP contribution in [0.3, 0.4) is 0 Å². The third kappa shape index (κ3) is 4.07. The van der Waals surface area contributed by atoms with Crippen molar-refractivity contribution in [1.29, 1.82) is 0 Å². The number of benzene rings is 1. The van der Waals surface area contributed by atoms with E-state index in [4.69, 9.17) is 16.1 Å². The van der Waals surface area contributed by atoms with Crippen molar-refractivity contribution >= 4 is 34.9 Å². The van der Waals surface area contributed by atoms with Crippen molar-refractivity contribution in [3.8, 4) is 0 Å². The van der Waals surface area contributed by atoms with E-state index in [2.05, 4.69) is 20.8 Å². The molecule has 0 bridgehead atoms. The first-order valence-electron chi connectivity index (χ1n) is 7.69. The Hall–Kier alpha value is -3.19. The Morgan fingerprint density at radius 3 is 2.35 bits per heavy atom. The molecular weight excluding hydrogens is 356 g/mol. The van der Waals surface area contributed by atoms with Gasteiger partial charge in [-0.2, -0.15) is 0 Å². The first-order valence-corrected chi connectivity index (χ1v) is 8.07. The fourth-order valence-electron chi connectivity index (χ4n) is 2.23. The molecule has 1 aromatic carbocycles. The molecule has 0 fully saturated rings. The highest BCUT2D eigenvalue weighted by Gasteiger charge is 2.14. The first-order chi connectivity index (χ1) is 12.4. The first kappa shape index (κ1) is 17.6. The van der Waals surface area contributed by atoms with Crippen molar-refractivity contribution in [2.24, 2.45) is 0 Å². The van der Waals surface area contributed by atoms with Gasteiger partial charge in [0.15, 0.2) is 5.82 Å². The highest BCUT2D eigenvalue weighted by atomic mass is 35.5. The maximum Gasteiger partial charge on any atom is 0.258 e. The number of halogens is 1. The second-order valence-electron chi connectivity index (χ2n) is 5.65. The van der Waals surface area contributed by atoms with E-state index < -0.39 is 11.8 Å². The Balaban J connectivity index is 1.76. The van der Waals surface area contributed by atoms with Crippen molar-refractivity contribution in [3.05, 3.63) is 70.2 Å². The van der Waals surface area contributed by atoms with E-state index in [9.17, 15) is 9.59 Å². The average Bonchev–Trinajstić information content (AvgIpc) is 3.03. The lowest BCUT2D eigenvalue weighted by Crippen LogP contribution is -2.16. The van der Waals surface area contributed by atoms with Crippen LogP contribution >= 0.6 is 11.6 Å². The lowest BCUT2D eigenvalue weighted by Gasteiger charge is -2.09. The smallest absolute Gasteiger partial charge is 0.258 e. The third-order valence-electron chi connectivity index (χ3n) is 3.58. The molecule has 26 heavy (non-hydrogen) atoms. The Morgan fingerprint density at radius 1 is 1.00 bits per heavy atom. The maximum absolute atomic E-state index is 12.5. The molecule has 0 radical (unpaired) electrons. The number of anilines is 2. The number of carbonyl (C=O) groups excluding carboxylic acids is 2. The van der Waals surface area contributed by atoms with E-state index in [-0.39, 0.29) is 16.9 Å². The van der Waals surface area contributed by atoms with Crippen LogP contribution < -0.4 is 10.6 Å². The van der Waals surface area contributed by atoms with Gasteiger partial charge in [-0.3, -0.25) is 14.6 Å². The minimum atomic E-state index is -0.445. The summed E-state index contributed by atoms with van der Waals surface area (Å²) < 4.78 is 4.90. The number of hydrogen-bond donors (Lipinski definition) is 2. The molecule has 0 saturated carbocycles. The van der Waals surface area contributed by atoms with Gasteiger partial charge in [-0.15, -0.1) is 0 Å². The van der Waals surface area contributed by atoms with Crippen LogP contribution in [-0.4, -0.2) is 22.0 Å². The molecule has 3 rings (SSSR count). The number of pyridine rings is 1. The minimum absolute atomic E-state index is 0.223. The van der Waals surface area contributed by atoms with E-state index in [1.165, 1.54) is 18.5 Å². The molecule has 0 aliphatic carbocycles. The Labute approximate surface area is 154 Å². The number of amides is 2. The number of nitrogens with zero attached hydrogens (tertiary/aromatic N) is 2. The molecule has 2 amide bonds. The van der Waals surface area contributed by atoms with Gasteiger partial charge in [0.1, 0.15) is 5.76 Å². The largest absolute Gasteiger partial charge is 0.360 e. The summed E-state index contributed by atoms with van der Waals surface area (Å²) in [5.41, 5.74) is 1.93. The summed E-state index contributed by atoms with van der Waals surface area (Å²) >= 11 is 5.96. The summed E-state index contributed by atoms with van der Waals surface area (Å²) in [7, 11) is 0. The van der Waals surface area contributed by atoms with Crippen molar-refractivity contribution in [2.75, 3.05) is 10.6 Å². The maximum atomic E-state index is 12.5. The standard InChI is InChI=1S/C18H15ClN4O3/c1-10-3-4-14(19)7-15(10)21-17(24)12-6-13(9-20-8-12)18(25)22-16-5-11(2)26-23-16/h3-9H,1-2H3,(H,21,24)(H,22,23,25). The molecule has 0 unspecified atom stereocenters. The molecule has 2 heterocycles. The zero-order valence-corrected chi connectivity index (χ0v) is 14.8. The van der Waals surface area contributed by atoms with E-state index in [1.807, 2.05) is 6.92 Å². The molecular formula is C18H15ClN4O3. The summed E-state index contributed by atoms with van der Waals surface area (Å²) in [6.45, 7) is 3.57. The zero-order chi connectivity index (χ0) is 18.7. The van der Waals surface area contributed by atoms with E-state index in [1.54, 1.807) is 31.2 Å². The lowest BCUT2D eigenvalue weighted by atomic mass is 10.1. The molecule has 0 aliphatic heterocycles. The molecule has 0 spiro atoms. The number of carbonyl (C=O) groups is 2. The number of aryl methyl sites for hydroxylation is 2. The Bertz CT molecular complexity index is 984. The molecule has 2 N–H and O–H groups in total. The number of hydrogen-bond acceptors (Lipinski definition) is 5.